The Morgan fingerprint density at radius 1 is 1.20 bits per heavy atom. The van der Waals surface area contributed by atoms with Crippen molar-refractivity contribution >= 4 is 0 Å². The van der Waals surface area contributed by atoms with Gasteiger partial charge in [0, 0.05) is 18.4 Å². The molecule has 2 aromatic rings. The SMILES string of the molecule is COc1ccc2c(c1)[C@H](O)CC(Cc1ccccc1)O2. The van der Waals surface area contributed by atoms with Gasteiger partial charge in [-0.2, -0.15) is 0 Å². The average Bonchev–Trinajstić information content (AvgIpc) is 2.48. The van der Waals surface area contributed by atoms with E-state index in [1.165, 1.54) is 5.56 Å². The highest BCUT2D eigenvalue weighted by atomic mass is 16.5. The molecule has 3 rings (SSSR count). The molecule has 2 atom stereocenters. The second kappa shape index (κ2) is 5.55. The molecule has 1 unspecified atom stereocenters. The largest absolute Gasteiger partial charge is 0.497 e. The summed E-state index contributed by atoms with van der Waals surface area (Å²) in [5.41, 5.74) is 2.04. The van der Waals surface area contributed by atoms with Crippen molar-refractivity contribution in [2.24, 2.45) is 0 Å². The molecule has 0 saturated carbocycles. The van der Waals surface area contributed by atoms with Gasteiger partial charge < -0.3 is 14.6 Å². The van der Waals surface area contributed by atoms with Gasteiger partial charge in [-0.15, -0.1) is 0 Å². The highest BCUT2D eigenvalue weighted by molar-refractivity contribution is 5.43. The van der Waals surface area contributed by atoms with E-state index in [1.54, 1.807) is 7.11 Å². The van der Waals surface area contributed by atoms with Gasteiger partial charge in [0.05, 0.1) is 13.2 Å². The predicted molar refractivity (Wildman–Crippen MR) is 77.1 cm³/mol. The zero-order chi connectivity index (χ0) is 13.9. The van der Waals surface area contributed by atoms with Crippen LogP contribution < -0.4 is 9.47 Å². The number of hydrogen-bond donors (Lipinski definition) is 1. The molecule has 1 heterocycles. The Morgan fingerprint density at radius 3 is 2.75 bits per heavy atom. The van der Waals surface area contributed by atoms with Crippen molar-refractivity contribution in [1.29, 1.82) is 0 Å². The van der Waals surface area contributed by atoms with Gasteiger partial charge in [0.2, 0.25) is 0 Å². The van der Waals surface area contributed by atoms with E-state index >= 15 is 0 Å². The first-order valence-electron chi connectivity index (χ1n) is 6.83. The number of benzene rings is 2. The molecule has 0 amide bonds. The van der Waals surface area contributed by atoms with E-state index in [-0.39, 0.29) is 6.10 Å². The summed E-state index contributed by atoms with van der Waals surface area (Å²) in [4.78, 5) is 0. The standard InChI is InChI=1S/C17H18O3/c1-19-13-7-8-17-15(10-13)16(18)11-14(20-17)9-12-5-3-2-4-6-12/h2-8,10,14,16,18H,9,11H2,1H3/t14?,16-/m1/s1. The topological polar surface area (TPSA) is 38.7 Å². The Hall–Kier alpha value is -2.00. The maximum absolute atomic E-state index is 10.3. The van der Waals surface area contributed by atoms with Crippen LogP contribution >= 0.6 is 0 Å². The van der Waals surface area contributed by atoms with Crippen molar-refractivity contribution in [3.63, 3.8) is 0 Å². The lowest BCUT2D eigenvalue weighted by Crippen LogP contribution is -2.27. The second-order valence-corrected chi connectivity index (χ2v) is 5.08. The van der Waals surface area contributed by atoms with Crippen LogP contribution in [0.3, 0.4) is 0 Å². The zero-order valence-corrected chi connectivity index (χ0v) is 11.5. The van der Waals surface area contributed by atoms with E-state index in [4.69, 9.17) is 9.47 Å². The molecule has 0 aromatic heterocycles. The van der Waals surface area contributed by atoms with Gasteiger partial charge in [0.25, 0.3) is 0 Å². The summed E-state index contributed by atoms with van der Waals surface area (Å²) in [5.74, 6) is 1.50. The highest BCUT2D eigenvalue weighted by Gasteiger charge is 2.27. The molecule has 1 aliphatic rings. The second-order valence-electron chi connectivity index (χ2n) is 5.08. The van der Waals surface area contributed by atoms with Crippen molar-refractivity contribution in [2.45, 2.75) is 25.0 Å². The van der Waals surface area contributed by atoms with Crippen molar-refractivity contribution < 1.29 is 14.6 Å². The molecule has 3 nitrogen and oxygen atoms in total. The van der Waals surface area contributed by atoms with E-state index < -0.39 is 6.10 Å². The zero-order valence-electron chi connectivity index (χ0n) is 11.5. The van der Waals surface area contributed by atoms with Crippen molar-refractivity contribution in [3.8, 4) is 11.5 Å². The number of fused-ring (bicyclic) bond motifs is 1. The fraction of sp³-hybridized carbons (Fsp3) is 0.294. The normalized spacial score (nSPS) is 20.9. The molecule has 0 aliphatic carbocycles. The van der Waals surface area contributed by atoms with Crippen LogP contribution in [0.15, 0.2) is 48.5 Å². The first-order chi connectivity index (χ1) is 9.76. The lowest BCUT2D eigenvalue weighted by atomic mass is 9.95. The summed E-state index contributed by atoms with van der Waals surface area (Å²) >= 11 is 0. The molecule has 0 fully saturated rings. The number of ether oxygens (including phenoxy) is 2. The molecule has 0 spiro atoms. The monoisotopic (exact) mass is 270 g/mol. The summed E-state index contributed by atoms with van der Waals surface area (Å²) < 4.78 is 11.2. The van der Waals surface area contributed by atoms with Crippen LogP contribution in [0.1, 0.15) is 23.7 Å². The third-order valence-corrected chi connectivity index (χ3v) is 3.66. The van der Waals surface area contributed by atoms with E-state index in [0.29, 0.717) is 6.42 Å². The summed E-state index contributed by atoms with van der Waals surface area (Å²) in [5, 5.41) is 10.3. The smallest absolute Gasteiger partial charge is 0.125 e. The maximum Gasteiger partial charge on any atom is 0.125 e. The van der Waals surface area contributed by atoms with Gasteiger partial charge in [0.1, 0.15) is 17.6 Å². The number of methoxy groups -OCH3 is 1. The quantitative estimate of drug-likeness (QED) is 0.931. The van der Waals surface area contributed by atoms with Crippen LogP contribution in [0, 0.1) is 0 Å². The Labute approximate surface area is 118 Å². The number of aliphatic hydroxyl groups is 1. The molecule has 0 saturated heterocycles. The molecular formula is C17H18O3. The van der Waals surface area contributed by atoms with E-state index in [1.807, 2.05) is 36.4 Å². The number of rotatable bonds is 3. The fourth-order valence-electron chi connectivity index (χ4n) is 2.63. The summed E-state index contributed by atoms with van der Waals surface area (Å²) in [6.07, 6.45) is 0.925. The van der Waals surface area contributed by atoms with Crippen molar-refractivity contribution in [1.82, 2.24) is 0 Å². The average molecular weight is 270 g/mol. The third-order valence-electron chi connectivity index (χ3n) is 3.66. The van der Waals surface area contributed by atoms with Crippen LogP contribution in [-0.2, 0) is 6.42 Å². The first-order valence-corrected chi connectivity index (χ1v) is 6.83. The maximum atomic E-state index is 10.3. The number of hydrogen-bond acceptors (Lipinski definition) is 3. The molecule has 0 bridgehead atoms. The Morgan fingerprint density at radius 2 is 2.00 bits per heavy atom. The van der Waals surface area contributed by atoms with E-state index in [0.717, 1.165) is 23.5 Å². The molecule has 1 N–H and O–H groups in total. The van der Waals surface area contributed by atoms with Gasteiger partial charge in [-0.1, -0.05) is 30.3 Å². The van der Waals surface area contributed by atoms with Crippen LogP contribution in [0.5, 0.6) is 11.5 Å². The van der Waals surface area contributed by atoms with Gasteiger partial charge in [-0.25, -0.2) is 0 Å². The molecule has 3 heteroatoms. The van der Waals surface area contributed by atoms with Crippen molar-refractivity contribution in [2.75, 3.05) is 7.11 Å². The van der Waals surface area contributed by atoms with Crippen LogP contribution in [0.25, 0.3) is 0 Å². The van der Waals surface area contributed by atoms with E-state index in [9.17, 15) is 5.11 Å². The van der Waals surface area contributed by atoms with Gasteiger partial charge >= 0.3 is 0 Å². The van der Waals surface area contributed by atoms with Crippen LogP contribution in [-0.4, -0.2) is 18.3 Å². The Balaban J connectivity index is 1.79. The summed E-state index contributed by atoms with van der Waals surface area (Å²) in [7, 11) is 1.62. The lowest BCUT2D eigenvalue weighted by Gasteiger charge is -2.30. The van der Waals surface area contributed by atoms with Crippen molar-refractivity contribution in [3.05, 3.63) is 59.7 Å². The lowest BCUT2D eigenvalue weighted by molar-refractivity contribution is 0.0660. The summed E-state index contributed by atoms with van der Waals surface area (Å²) in [6, 6.07) is 15.8. The highest BCUT2D eigenvalue weighted by Crippen LogP contribution is 2.37. The molecule has 20 heavy (non-hydrogen) atoms. The molecule has 2 aromatic carbocycles. The minimum Gasteiger partial charge on any atom is -0.497 e. The minimum absolute atomic E-state index is 0.00768. The molecular weight excluding hydrogens is 252 g/mol. The molecule has 1 aliphatic heterocycles. The molecule has 0 radical (unpaired) electrons. The summed E-state index contributed by atoms with van der Waals surface area (Å²) in [6.45, 7) is 0. The number of aliphatic hydroxyl groups excluding tert-OH is 1. The first kappa shape index (κ1) is 13.0. The van der Waals surface area contributed by atoms with Gasteiger partial charge in [-0.3, -0.25) is 0 Å². The van der Waals surface area contributed by atoms with E-state index in [2.05, 4.69) is 12.1 Å². The van der Waals surface area contributed by atoms with Gasteiger partial charge in [-0.05, 0) is 23.8 Å². The van der Waals surface area contributed by atoms with Crippen LogP contribution in [0.4, 0.5) is 0 Å². The fourth-order valence-corrected chi connectivity index (χ4v) is 2.63. The molecule has 104 valence electrons. The Bertz CT molecular complexity index is 580. The van der Waals surface area contributed by atoms with Gasteiger partial charge in [0.15, 0.2) is 0 Å². The minimum atomic E-state index is -0.498. The third kappa shape index (κ3) is 2.63. The predicted octanol–water partition coefficient (Wildman–Crippen LogP) is 3.12. The Kier molecular flexibility index (Phi) is 3.61. The van der Waals surface area contributed by atoms with Crippen LogP contribution in [0.2, 0.25) is 0 Å².